The van der Waals surface area contributed by atoms with Crippen molar-refractivity contribution in [1.29, 1.82) is 0 Å². The maximum absolute atomic E-state index is 12.7. The highest BCUT2D eigenvalue weighted by atomic mass is 79.9. The molecule has 110 valence electrons. The molecular weight excluding hydrogens is 316 g/mol. The van der Waals surface area contributed by atoms with Gasteiger partial charge in [-0.3, -0.25) is 4.79 Å². The first-order valence-electron chi connectivity index (χ1n) is 7.23. The Bertz CT molecular complexity index is 481. The number of nitrogens with one attached hydrogen (secondary N) is 2. The van der Waals surface area contributed by atoms with E-state index in [2.05, 4.69) is 46.5 Å². The van der Waals surface area contributed by atoms with E-state index in [4.69, 9.17) is 0 Å². The summed E-state index contributed by atoms with van der Waals surface area (Å²) in [6.45, 7) is 8.02. The Morgan fingerprint density at radius 2 is 2.15 bits per heavy atom. The second-order valence-corrected chi connectivity index (χ2v) is 6.90. The summed E-state index contributed by atoms with van der Waals surface area (Å²) in [4.78, 5) is 12.7. The summed E-state index contributed by atoms with van der Waals surface area (Å²) in [6.07, 6.45) is 0.918. The third-order valence-electron chi connectivity index (χ3n) is 4.44. The van der Waals surface area contributed by atoms with Crippen molar-refractivity contribution in [2.75, 3.05) is 13.1 Å². The predicted octanol–water partition coefficient (Wildman–Crippen LogP) is 3.26. The van der Waals surface area contributed by atoms with E-state index >= 15 is 0 Å². The van der Waals surface area contributed by atoms with E-state index in [0.717, 1.165) is 29.5 Å². The lowest BCUT2D eigenvalue weighted by molar-refractivity contribution is -0.133. The molecule has 1 fully saturated rings. The number of rotatable bonds is 4. The standard InChI is InChI=1S/C16H23BrN2O/c1-11(2)16(7-8-18-10-16)15(20)19-12(3)13-5-4-6-14(17)9-13/h4-6,9,11-12,18H,7-8,10H2,1-3H3,(H,19,20)/t12-,16?/m1/s1. The van der Waals surface area contributed by atoms with Crippen LogP contribution < -0.4 is 10.6 Å². The summed E-state index contributed by atoms with van der Waals surface area (Å²) in [7, 11) is 0. The zero-order chi connectivity index (χ0) is 14.8. The molecule has 1 heterocycles. The first-order chi connectivity index (χ1) is 9.45. The van der Waals surface area contributed by atoms with E-state index < -0.39 is 0 Å². The molecule has 1 aromatic rings. The lowest BCUT2D eigenvalue weighted by atomic mass is 9.75. The van der Waals surface area contributed by atoms with Crippen LogP contribution in [0.3, 0.4) is 0 Å². The highest BCUT2D eigenvalue weighted by molar-refractivity contribution is 9.10. The van der Waals surface area contributed by atoms with Crippen LogP contribution in [0, 0.1) is 11.3 Å². The molecule has 1 amide bonds. The summed E-state index contributed by atoms with van der Waals surface area (Å²) >= 11 is 3.47. The van der Waals surface area contributed by atoms with Gasteiger partial charge >= 0.3 is 0 Å². The fourth-order valence-corrected chi connectivity index (χ4v) is 3.28. The summed E-state index contributed by atoms with van der Waals surface area (Å²) in [5.74, 6) is 0.511. The average molecular weight is 339 g/mol. The maximum atomic E-state index is 12.7. The molecule has 2 rings (SSSR count). The molecule has 4 heteroatoms. The third kappa shape index (κ3) is 3.07. The van der Waals surface area contributed by atoms with Crippen LogP contribution in [0.1, 0.15) is 38.8 Å². The number of carbonyl (C=O) groups excluding carboxylic acids is 1. The molecule has 2 atom stereocenters. The lowest BCUT2D eigenvalue weighted by Crippen LogP contribution is -2.46. The smallest absolute Gasteiger partial charge is 0.228 e. The number of hydrogen-bond acceptors (Lipinski definition) is 2. The van der Waals surface area contributed by atoms with Crippen molar-refractivity contribution in [2.45, 2.75) is 33.2 Å². The second kappa shape index (κ2) is 6.27. The summed E-state index contributed by atoms with van der Waals surface area (Å²) < 4.78 is 1.04. The van der Waals surface area contributed by atoms with Crippen molar-refractivity contribution >= 4 is 21.8 Å². The fourth-order valence-electron chi connectivity index (χ4n) is 2.86. The molecule has 1 aliphatic rings. The van der Waals surface area contributed by atoms with Crippen LogP contribution in [-0.4, -0.2) is 19.0 Å². The number of benzene rings is 1. The normalized spacial score (nSPS) is 23.9. The van der Waals surface area contributed by atoms with Gasteiger partial charge in [0.25, 0.3) is 0 Å². The van der Waals surface area contributed by atoms with Gasteiger partial charge in [0.2, 0.25) is 5.91 Å². The van der Waals surface area contributed by atoms with Crippen LogP contribution in [0.2, 0.25) is 0 Å². The number of halogens is 1. The van der Waals surface area contributed by atoms with E-state index in [1.165, 1.54) is 0 Å². The zero-order valence-electron chi connectivity index (χ0n) is 12.4. The maximum Gasteiger partial charge on any atom is 0.228 e. The average Bonchev–Trinajstić information content (AvgIpc) is 2.89. The zero-order valence-corrected chi connectivity index (χ0v) is 14.0. The molecule has 0 spiro atoms. The van der Waals surface area contributed by atoms with Gasteiger partial charge in [-0.25, -0.2) is 0 Å². The molecule has 0 aliphatic carbocycles. The molecule has 20 heavy (non-hydrogen) atoms. The van der Waals surface area contributed by atoms with Crippen LogP contribution in [0.25, 0.3) is 0 Å². The van der Waals surface area contributed by atoms with Crippen molar-refractivity contribution in [3.63, 3.8) is 0 Å². The highest BCUT2D eigenvalue weighted by Crippen LogP contribution is 2.35. The first kappa shape index (κ1) is 15.5. The van der Waals surface area contributed by atoms with Gasteiger partial charge in [-0.1, -0.05) is 41.9 Å². The molecule has 0 bridgehead atoms. The molecule has 1 aromatic carbocycles. The Kier molecular flexibility index (Phi) is 4.86. The van der Waals surface area contributed by atoms with Gasteiger partial charge in [-0.2, -0.15) is 0 Å². The first-order valence-corrected chi connectivity index (χ1v) is 8.02. The number of carbonyl (C=O) groups is 1. The third-order valence-corrected chi connectivity index (χ3v) is 4.94. The molecule has 1 aliphatic heterocycles. The van der Waals surface area contributed by atoms with Crippen molar-refractivity contribution in [3.8, 4) is 0 Å². The topological polar surface area (TPSA) is 41.1 Å². The van der Waals surface area contributed by atoms with E-state index in [0.29, 0.717) is 5.92 Å². The summed E-state index contributed by atoms with van der Waals surface area (Å²) in [6, 6.07) is 8.12. The van der Waals surface area contributed by atoms with Gasteiger partial charge < -0.3 is 10.6 Å². The predicted molar refractivity (Wildman–Crippen MR) is 85.5 cm³/mol. The Balaban J connectivity index is 2.10. The minimum Gasteiger partial charge on any atom is -0.349 e. The largest absolute Gasteiger partial charge is 0.349 e. The van der Waals surface area contributed by atoms with Gasteiger partial charge in [0, 0.05) is 11.0 Å². The van der Waals surface area contributed by atoms with Crippen molar-refractivity contribution in [2.24, 2.45) is 11.3 Å². The number of hydrogen-bond donors (Lipinski definition) is 2. The second-order valence-electron chi connectivity index (χ2n) is 5.99. The molecule has 1 saturated heterocycles. The van der Waals surface area contributed by atoms with Crippen LogP contribution in [-0.2, 0) is 4.79 Å². The van der Waals surface area contributed by atoms with Crippen molar-refractivity contribution < 1.29 is 4.79 Å². The van der Waals surface area contributed by atoms with E-state index in [1.54, 1.807) is 0 Å². The van der Waals surface area contributed by atoms with Crippen LogP contribution in [0.15, 0.2) is 28.7 Å². The van der Waals surface area contributed by atoms with Crippen LogP contribution in [0.5, 0.6) is 0 Å². The molecule has 0 aromatic heterocycles. The van der Waals surface area contributed by atoms with Crippen molar-refractivity contribution in [1.82, 2.24) is 10.6 Å². The van der Waals surface area contributed by atoms with E-state index in [-0.39, 0.29) is 17.4 Å². The van der Waals surface area contributed by atoms with Gasteiger partial charge in [0.1, 0.15) is 0 Å². The van der Waals surface area contributed by atoms with Gasteiger partial charge in [-0.15, -0.1) is 0 Å². The Morgan fingerprint density at radius 1 is 1.40 bits per heavy atom. The van der Waals surface area contributed by atoms with Crippen LogP contribution >= 0.6 is 15.9 Å². The molecule has 1 unspecified atom stereocenters. The summed E-state index contributed by atoms with van der Waals surface area (Å²) in [5, 5.41) is 6.52. The quantitative estimate of drug-likeness (QED) is 0.884. The minimum absolute atomic E-state index is 0.0243. The lowest BCUT2D eigenvalue weighted by Gasteiger charge is -2.32. The Labute approximate surface area is 129 Å². The Hall–Kier alpha value is -0.870. The van der Waals surface area contributed by atoms with Gasteiger partial charge in [-0.05, 0) is 43.5 Å². The van der Waals surface area contributed by atoms with Gasteiger partial charge in [0.05, 0.1) is 11.5 Å². The molecule has 3 nitrogen and oxygen atoms in total. The minimum atomic E-state index is -0.264. The molecular formula is C16H23BrN2O. The summed E-state index contributed by atoms with van der Waals surface area (Å²) in [5.41, 5.74) is 0.859. The fraction of sp³-hybridized carbons (Fsp3) is 0.562. The molecule has 2 N–H and O–H groups in total. The van der Waals surface area contributed by atoms with E-state index in [9.17, 15) is 4.79 Å². The molecule has 0 radical (unpaired) electrons. The van der Waals surface area contributed by atoms with E-state index in [1.807, 2.05) is 25.1 Å². The SMILES string of the molecule is CC(C)C1(C(=O)N[C@H](C)c2cccc(Br)c2)CCNC1. The monoisotopic (exact) mass is 338 g/mol. The van der Waals surface area contributed by atoms with Crippen molar-refractivity contribution in [3.05, 3.63) is 34.3 Å². The van der Waals surface area contributed by atoms with Gasteiger partial charge in [0.15, 0.2) is 0 Å². The highest BCUT2D eigenvalue weighted by Gasteiger charge is 2.44. The Morgan fingerprint density at radius 3 is 2.70 bits per heavy atom. The molecule has 0 saturated carbocycles. The number of amides is 1. The van der Waals surface area contributed by atoms with Crippen LogP contribution in [0.4, 0.5) is 0 Å².